The Morgan fingerprint density at radius 2 is 2.05 bits per heavy atom. The molecule has 1 aromatic rings. The number of halogens is 1. The minimum Gasteiger partial charge on any atom is -0.382 e. The topological polar surface area (TPSA) is 76.0 Å². The molecule has 0 unspecified atom stereocenters. The maximum Gasteiger partial charge on any atom is 0.283 e. The molecule has 1 heterocycles. The maximum absolute atomic E-state index is 12.1. The number of hydrogen-bond donors (Lipinski definition) is 2. The summed E-state index contributed by atoms with van der Waals surface area (Å²) in [6, 6.07) is 0.130. The Hall–Kier alpha value is -1.37. The predicted octanol–water partition coefficient (Wildman–Crippen LogP) is 1.99. The van der Waals surface area contributed by atoms with Crippen molar-refractivity contribution in [2.24, 2.45) is 5.92 Å². The molecule has 21 heavy (non-hydrogen) atoms. The van der Waals surface area contributed by atoms with Crippen LogP contribution in [0.25, 0.3) is 0 Å². The van der Waals surface area contributed by atoms with Crippen molar-refractivity contribution in [3.8, 4) is 0 Å². The van der Waals surface area contributed by atoms with Crippen molar-refractivity contribution in [2.75, 3.05) is 11.9 Å². The van der Waals surface area contributed by atoms with Gasteiger partial charge in [0.25, 0.3) is 5.56 Å². The molecule has 7 heteroatoms. The molecule has 0 aromatic carbocycles. The molecule has 0 aliphatic heterocycles. The number of nitrogens with zero attached hydrogens (tertiary/aromatic N) is 2. The van der Waals surface area contributed by atoms with Gasteiger partial charge < -0.3 is 10.6 Å². The van der Waals surface area contributed by atoms with Crippen LogP contribution in [0.15, 0.2) is 15.5 Å². The quantitative estimate of drug-likeness (QED) is 0.781. The van der Waals surface area contributed by atoms with Crippen molar-refractivity contribution in [3.05, 3.63) is 21.0 Å². The number of aromatic nitrogens is 2. The van der Waals surface area contributed by atoms with E-state index in [9.17, 15) is 9.59 Å². The number of hydrogen-bond acceptors (Lipinski definition) is 4. The van der Waals surface area contributed by atoms with E-state index in [2.05, 4.69) is 31.7 Å². The number of carbonyl (C=O) groups excluding carboxylic acids is 1. The molecule has 0 aliphatic rings. The van der Waals surface area contributed by atoms with E-state index in [1.807, 2.05) is 27.7 Å². The van der Waals surface area contributed by atoms with E-state index < -0.39 is 0 Å². The molecule has 0 saturated heterocycles. The fourth-order valence-corrected chi connectivity index (χ4v) is 2.22. The van der Waals surface area contributed by atoms with Crippen LogP contribution in [0.4, 0.5) is 5.69 Å². The lowest BCUT2D eigenvalue weighted by molar-refractivity contribution is -0.121. The third kappa shape index (κ3) is 5.87. The van der Waals surface area contributed by atoms with Gasteiger partial charge in [0, 0.05) is 25.6 Å². The van der Waals surface area contributed by atoms with Crippen molar-refractivity contribution >= 4 is 27.5 Å². The molecule has 0 spiro atoms. The average Bonchev–Trinajstić information content (AvgIpc) is 2.36. The number of carbonyl (C=O) groups is 1. The molecule has 0 saturated carbocycles. The highest BCUT2D eigenvalue weighted by molar-refractivity contribution is 9.10. The summed E-state index contributed by atoms with van der Waals surface area (Å²) in [6.45, 7) is 8.92. The van der Waals surface area contributed by atoms with Gasteiger partial charge in [0.05, 0.1) is 11.9 Å². The SMILES string of the molecule is CC(C)Cn1ncc(NCCC(=O)NC(C)C)c(Br)c1=O. The molecule has 0 fully saturated rings. The summed E-state index contributed by atoms with van der Waals surface area (Å²) in [7, 11) is 0. The fraction of sp³-hybridized carbons (Fsp3) is 0.643. The molecular weight excluding hydrogens is 336 g/mol. The zero-order chi connectivity index (χ0) is 16.0. The molecule has 0 atom stereocenters. The van der Waals surface area contributed by atoms with E-state index in [4.69, 9.17) is 0 Å². The van der Waals surface area contributed by atoms with Crippen LogP contribution in [-0.2, 0) is 11.3 Å². The highest BCUT2D eigenvalue weighted by atomic mass is 79.9. The smallest absolute Gasteiger partial charge is 0.283 e. The molecule has 0 bridgehead atoms. The Labute approximate surface area is 133 Å². The monoisotopic (exact) mass is 358 g/mol. The molecule has 6 nitrogen and oxygen atoms in total. The van der Waals surface area contributed by atoms with Gasteiger partial charge in [-0.15, -0.1) is 0 Å². The van der Waals surface area contributed by atoms with Crippen LogP contribution in [-0.4, -0.2) is 28.3 Å². The minimum absolute atomic E-state index is 0.0188. The highest BCUT2D eigenvalue weighted by Crippen LogP contribution is 2.16. The van der Waals surface area contributed by atoms with Crippen LogP contribution in [0.1, 0.15) is 34.1 Å². The van der Waals surface area contributed by atoms with E-state index in [1.165, 1.54) is 4.68 Å². The van der Waals surface area contributed by atoms with Gasteiger partial charge in [-0.05, 0) is 35.7 Å². The first-order valence-corrected chi connectivity index (χ1v) is 7.89. The third-order valence-corrected chi connectivity index (χ3v) is 3.41. The van der Waals surface area contributed by atoms with E-state index in [1.54, 1.807) is 6.20 Å². The van der Waals surface area contributed by atoms with Crippen LogP contribution in [0.3, 0.4) is 0 Å². The largest absolute Gasteiger partial charge is 0.382 e. The number of anilines is 1. The average molecular weight is 359 g/mol. The minimum atomic E-state index is -0.166. The summed E-state index contributed by atoms with van der Waals surface area (Å²) in [5.74, 6) is 0.329. The third-order valence-electron chi connectivity index (χ3n) is 2.64. The zero-order valence-corrected chi connectivity index (χ0v) is 14.5. The van der Waals surface area contributed by atoms with Crippen LogP contribution < -0.4 is 16.2 Å². The normalized spacial score (nSPS) is 11.0. The lowest BCUT2D eigenvalue weighted by atomic mass is 10.2. The van der Waals surface area contributed by atoms with Gasteiger partial charge in [-0.1, -0.05) is 13.8 Å². The van der Waals surface area contributed by atoms with Gasteiger partial charge in [0.15, 0.2) is 0 Å². The van der Waals surface area contributed by atoms with Crippen molar-refractivity contribution in [3.63, 3.8) is 0 Å². The van der Waals surface area contributed by atoms with Crippen LogP contribution in [0.2, 0.25) is 0 Å². The number of nitrogens with one attached hydrogen (secondary N) is 2. The Balaban J connectivity index is 2.63. The Morgan fingerprint density at radius 1 is 1.38 bits per heavy atom. The molecule has 1 aromatic heterocycles. The van der Waals surface area contributed by atoms with E-state index in [0.29, 0.717) is 35.6 Å². The second-order valence-electron chi connectivity index (χ2n) is 5.65. The summed E-state index contributed by atoms with van der Waals surface area (Å²) in [5.41, 5.74) is 0.442. The second-order valence-corrected chi connectivity index (χ2v) is 6.45. The molecule has 2 N–H and O–H groups in total. The van der Waals surface area contributed by atoms with E-state index in [0.717, 1.165) is 0 Å². The second kappa shape index (κ2) is 8.17. The van der Waals surface area contributed by atoms with Crippen molar-refractivity contribution in [1.82, 2.24) is 15.1 Å². The van der Waals surface area contributed by atoms with Gasteiger partial charge in [-0.3, -0.25) is 9.59 Å². The summed E-state index contributed by atoms with van der Waals surface area (Å²) >= 11 is 3.29. The first-order valence-electron chi connectivity index (χ1n) is 7.10. The number of rotatable bonds is 7. The molecule has 118 valence electrons. The van der Waals surface area contributed by atoms with Crippen LogP contribution >= 0.6 is 15.9 Å². The Morgan fingerprint density at radius 3 is 2.62 bits per heavy atom. The fourth-order valence-electron chi connectivity index (χ4n) is 1.77. The van der Waals surface area contributed by atoms with Gasteiger partial charge in [0.1, 0.15) is 4.47 Å². The summed E-state index contributed by atoms with van der Waals surface area (Å²) in [4.78, 5) is 23.6. The highest BCUT2D eigenvalue weighted by Gasteiger charge is 2.10. The molecule has 0 radical (unpaired) electrons. The Bertz CT molecular complexity index is 540. The molecule has 0 aliphatic carbocycles. The zero-order valence-electron chi connectivity index (χ0n) is 12.9. The van der Waals surface area contributed by atoms with Gasteiger partial charge in [-0.2, -0.15) is 5.10 Å². The summed E-state index contributed by atoms with van der Waals surface area (Å²) in [6.07, 6.45) is 1.95. The lowest BCUT2D eigenvalue weighted by Crippen LogP contribution is -2.31. The Kier molecular flexibility index (Phi) is 6.87. The lowest BCUT2D eigenvalue weighted by Gasteiger charge is -2.12. The van der Waals surface area contributed by atoms with Crippen molar-refractivity contribution in [1.29, 1.82) is 0 Å². The molecule has 1 amide bonds. The molecular formula is C14H23BrN4O2. The van der Waals surface area contributed by atoms with E-state index >= 15 is 0 Å². The van der Waals surface area contributed by atoms with Crippen molar-refractivity contribution in [2.45, 2.75) is 46.7 Å². The first-order chi connectivity index (χ1) is 9.81. The van der Waals surface area contributed by atoms with Crippen LogP contribution in [0.5, 0.6) is 0 Å². The first kappa shape index (κ1) is 17.7. The summed E-state index contributed by atoms with van der Waals surface area (Å²) in [5, 5.41) is 10.0. The van der Waals surface area contributed by atoms with Crippen LogP contribution in [0, 0.1) is 5.92 Å². The van der Waals surface area contributed by atoms with Gasteiger partial charge in [-0.25, -0.2) is 4.68 Å². The predicted molar refractivity (Wildman–Crippen MR) is 87.4 cm³/mol. The maximum atomic E-state index is 12.1. The van der Waals surface area contributed by atoms with E-state index in [-0.39, 0.29) is 17.5 Å². The number of amides is 1. The van der Waals surface area contributed by atoms with Gasteiger partial charge in [0.2, 0.25) is 5.91 Å². The molecule has 1 rings (SSSR count). The summed E-state index contributed by atoms with van der Waals surface area (Å²) < 4.78 is 1.88. The van der Waals surface area contributed by atoms with Crippen molar-refractivity contribution < 1.29 is 4.79 Å². The standard InChI is InChI=1S/C14H23BrN4O2/c1-9(2)8-19-14(21)13(15)11(7-17-19)16-6-5-12(20)18-10(3)4/h7,9-10,16H,5-6,8H2,1-4H3,(H,18,20). The van der Waals surface area contributed by atoms with Gasteiger partial charge >= 0.3 is 0 Å².